The highest BCUT2D eigenvalue weighted by molar-refractivity contribution is 5.81. The molecule has 0 unspecified atom stereocenters. The van der Waals surface area contributed by atoms with Crippen LogP contribution in [-0.2, 0) is 4.79 Å². The highest BCUT2D eigenvalue weighted by atomic mass is 16.5. The molecule has 0 radical (unpaired) electrons. The Labute approximate surface area is 151 Å². The maximum atomic E-state index is 12.8. The third kappa shape index (κ3) is 4.43. The van der Waals surface area contributed by atoms with Crippen LogP contribution in [0.1, 0.15) is 44.6 Å². The van der Waals surface area contributed by atoms with Gasteiger partial charge in [0.2, 0.25) is 5.91 Å². The molecule has 1 fully saturated rings. The molecule has 0 aromatic heterocycles. The Hall–Kier alpha value is -1.81. The third-order valence-corrected chi connectivity index (χ3v) is 5.50. The summed E-state index contributed by atoms with van der Waals surface area (Å²) in [5, 5.41) is 0. The number of methoxy groups -OCH3 is 1. The molecule has 136 valence electrons. The van der Waals surface area contributed by atoms with E-state index in [1.54, 1.807) is 7.11 Å². The molecule has 0 N–H and O–H groups in total. The van der Waals surface area contributed by atoms with Gasteiger partial charge in [0, 0.05) is 26.2 Å². The SMILES string of the molecule is COc1cccc(C2=CCN([C@@H](C)C(=O)N3CCCCCC3)CC2)c1. The van der Waals surface area contributed by atoms with E-state index in [1.807, 2.05) is 12.1 Å². The molecule has 2 aliphatic rings. The first-order valence-electron chi connectivity index (χ1n) is 9.55. The van der Waals surface area contributed by atoms with Gasteiger partial charge in [0.15, 0.2) is 0 Å². The smallest absolute Gasteiger partial charge is 0.239 e. The number of amides is 1. The first-order valence-corrected chi connectivity index (χ1v) is 9.55. The average Bonchev–Trinajstić information content (AvgIpc) is 2.96. The van der Waals surface area contributed by atoms with Crippen molar-refractivity contribution in [3.05, 3.63) is 35.9 Å². The lowest BCUT2D eigenvalue weighted by Gasteiger charge is -2.34. The minimum absolute atomic E-state index is 0.0267. The largest absolute Gasteiger partial charge is 0.497 e. The Morgan fingerprint density at radius 1 is 1.12 bits per heavy atom. The zero-order chi connectivity index (χ0) is 17.6. The number of carbonyl (C=O) groups excluding carboxylic acids is 1. The number of hydrogen-bond acceptors (Lipinski definition) is 3. The summed E-state index contributed by atoms with van der Waals surface area (Å²) in [4.78, 5) is 17.2. The summed E-state index contributed by atoms with van der Waals surface area (Å²) in [6.07, 6.45) is 8.06. The van der Waals surface area contributed by atoms with Crippen molar-refractivity contribution in [1.82, 2.24) is 9.80 Å². The number of benzene rings is 1. The standard InChI is InChI=1S/C21H30N2O2/c1-17(21(24)23-12-5-3-4-6-13-23)22-14-10-18(11-15-22)19-8-7-9-20(16-19)25-2/h7-10,16-17H,3-6,11-15H2,1-2H3/t17-/m0/s1. The van der Waals surface area contributed by atoms with Crippen LogP contribution in [0.3, 0.4) is 0 Å². The number of carbonyl (C=O) groups is 1. The lowest BCUT2D eigenvalue weighted by Crippen LogP contribution is -2.48. The summed E-state index contributed by atoms with van der Waals surface area (Å²) >= 11 is 0. The van der Waals surface area contributed by atoms with Crippen LogP contribution in [0.4, 0.5) is 0 Å². The molecule has 1 aromatic carbocycles. The highest BCUT2D eigenvalue weighted by Crippen LogP contribution is 2.26. The van der Waals surface area contributed by atoms with Gasteiger partial charge in [0.25, 0.3) is 0 Å². The van der Waals surface area contributed by atoms with Crippen LogP contribution in [0.5, 0.6) is 5.75 Å². The molecule has 0 saturated carbocycles. The Morgan fingerprint density at radius 3 is 2.52 bits per heavy atom. The van der Waals surface area contributed by atoms with Gasteiger partial charge in [-0.05, 0) is 49.5 Å². The lowest BCUT2D eigenvalue weighted by atomic mass is 9.98. The molecule has 3 rings (SSSR count). The second kappa shape index (κ2) is 8.52. The van der Waals surface area contributed by atoms with Gasteiger partial charge < -0.3 is 9.64 Å². The maximum absolute atomic E-state index is 12.8. The van der Waals surface area contributed by atoms with Crippen LogP contribution in [0, 0.1) is 0 Å². The quantitative estimate of drug-likeness (QED) is 0.838. The van der Waals surface area contributed by atoms with Gasteiger partial charge in [-0.25, -0.2) is 0 Å². The van der Waals surface area contributed by atoms with Gasteiger partial charge in [0.05, 0.1) is 13.2 Å². The first kappa shape index (κ1) is 18.0. The number of likely N-dealkylation sites (tertiary alicyclic amines) is 1. The first-order chi connectivity index (χ1) is 12.2. The van der Waals surface area contributed by atoms with Crippen molar-refractivity contribution in [2.45, 2.75) is 45.1 Å². The fourth-order valence-electron chi connectivity index (χ4n) is 3.83. The molecule has 1 amide bonds. The molecular formula is C21H30N2O2. The van der Waals surface area contributed by atoms with Crippen molar-refractivity contribution >= 4 is 11.5 Å². The van der Waals surface area contributed by atoms with Gasteiger partial charge in [-0.3, -0.25) is 9.69 Å². The molecule has 0 aliphatic carbocycles. The van der Waals surface area contributed by atoms with E-state index in [0.29, 0.717) is 5.91 Å². The van der Waals surface area contributed by atoms with E-state index in [2.05, 4.69) is 34.9 Å². The van der Waals surface area contributed by atoms with E-state index in [9.17, 15) is 4.79 Å². The zero-order valence-electron chi connectivity index (χ0n) is 15.5. The van der Waals surface area contributed by atoms with E-state index in [4.69, 9.17) is 4.74 Å². The van der Waals surface area contributed by atoms with Crippen LogP contribution in [0.25, 0.3) is 5.57 Å². The average molecular weight is 342 g/mol. The molecule has 25 heavy (non-hydrogen) atoms. The second-order valence-corrected chi connectivity index (χ2v) is 7.12. The number of ether oxygens (including phenoxy) is 1. The zero-order valence-corrected chi connectivity index (χ0v) is 15.5. The molecular weight excluding hydrogens is 312 g/mol. The predicted molar refractivity (Wildman–Crippen MR) is 102 cm³/mol. The van der Waals surface area contributed by atoms with Crippen molar-refractivity contribution < 1.29 is 9.53 Å². The fourth-order valence-corrected chi connectivity index (χ4v) is 3.83. The van der Waals surface area contributed by atoms with Crippen LogP contribution >= 0.6 is 0 Å². The number of rotatable bonds is 4. The normalized spacial score (nSPS) is 20.6. The van der Waals surface area contributed by atoms with Crippen LogP contribution in [0.15, 0.2) is 30.3 Å². The molecule has 1 aromatic rings. The van der Waals surface area contributed by atoms with E-state index >= 15 is 0 Å². The van der Waals surface area contributed by atoms with Crippen LogP contribution in [0.2, 0.25) is 0 Å². The van der Waals surface area contributed by atoms with E-state index in [-0.39, 0.29) is 6.04 Å². The molecule has 4 nitrogen and oxygen atoms in total. The third-order valence-electron chi connectivity index (χ3n) is 5.50. The van der Waals surface area contributed by atoms with Crippen LogP contribution in [-0.4, -0.2) is 55.0 Å². The Balaban J connectivity index is 1.62. The van der Waals surface area contributed by atoms with Gasteiger partial charge in [-0.2, -0.15) is 0 Å². The van der Waals surface area contributed by atoms with E-state index in [1.165, 1.54) is 24.0 Å². The molecule has 0 spiro atoms. The topological polar surface area (TPSA) is 32.8 Å². The minimum Gasteiger partial charge on any atom is -0.497 e. The summed E-state index contributed by atoms with van der Waals surface area (Å²) in [6, 6.07) is 8.21. The molecule has 0 bridgehead atoms. The van der Waals surface area contributed by atoms with Gasteiger partial charge in [0.1, 0.15) is 5.75 Å². The predicted octanol–water partition coefficient (Wildman–Crippen LogP) is 3.58. The van der Waals surface area contributed by atoms with E-state index < -0.39 is 0 Å². The Morgan fingerprint density at radius 2 is 1.88 bits per heavy atom. The van der Waals surface area contributed by atoms with Crippen LogP contribution < -0.4 is 4.74 Å². The van der Waals surface area contributed by atoms with Crippen molar-refractivity contribution in [2.24, 2.45) is 0 Å². The highest BCUT2D eigenvalue weighted by Gasteiger charge is 2.27. The minimum atomic E-state index is -0.0267. The van der Waals surface area contributed by atoms with Gasteiger partial charge in [-0.1, -0.05) is 31.1 Å². The molecule has 2 heterocycles. The monoisotopic (exact) mass is 342 g/mol. The van der Waals surface area contributed by atoms with Crippen molar-refractivity contribution in [3.63, 3.8) is 0 Å². The lowest BCUT2D eigenvalue weighted by molar-refractivity contribution is -0.136. The van der Waals surface area contributed by atoms with Gasteiger partial charge in [-0.15, -0.1) is 0 Å². The summed E-state index contributed by atoms with van der Waals surface area (Å²) < 4.78 is 5.33. The molecule has 4 heteroatoms. The fraction of sp³-hybridized carbons (Fsp3) is 0.571. The van der Waals surface area contributed by atoms with Crippen molar-refractivity contribution in [1.29, 1.82) is 0 Å². The second-order valence-electron chi connectivity index (χ2n) is 7.12. The van der Waals surface area contributed by atoms with Crippen molar-refractivity contribution in [2.75, 3.05) is 33.3 Å². The van der Waals surface area contributed by atoms with E-state index in [0.717, 1.165) is 51.2 Å². The number of nitrogens with zero attached hydrogens (tertiary/aromatic N) is 2. The Bertz CT molecular complexity index is 618. The summed E-state index contributed by atoms with van der Waals surface area (Å²) in [6.45, 7) is 5.71. The summed E-state index contributed by atoms with van der Waals surface area (Å²) in [5.41, 5.74) is 2.58. The van der Waals surface area contributed by atoms with Gasteiger partial charge >= 0.3 is 0 Å². The number of hydrogen-bond donors (Lipinski definition) is 0. The molecule has 1 atom stereocenters. The molecule has 1 saturated heterocycles. The maximum Gasteiger partial charge on any atom is 0.239 e. The molecule has 2 aliphatic heterocycles. The summed E-state index contributed by atoms with van der Waals surface area (Å²) in [7, 11) is 1.70. The summed E-state index contributed by atoms with van der Waals surface area (Å²) in [5.74, 6) is 1.20. The Kier molecular flexibility index (Phi) is 6.14. The van der Waals surface area contributed by atoms with Crippen molar-refractivity contribution in [3.8, 4) is 5.75 Å².